The summed E-state index contributed by atoms with van der Waals surface area (Å²) in [4.78, 5) is 11.3. The lowest BCUT2D eigenvalue weighted by atomic mass is 10.1. The molecule has 0 radical (unpaired) electrons. The number of aliphatic hydroxyl groups excluding tert-OH is 1. The van der Waals surface area contributed by atoms with Gasteiger partial charge in [0.05, 0.1) is 6.61 Å². The number of hydrogen-bond acceptors (Lipinski definition) is 2. The van der Waals surface area contributed by atoms with Gasteiger partial charge in [-0.1, -0.05) is 75.5 Å². The smallest absolute Gasteiger partial charge is 0.220 e. The molecule has 0 spiro atoms. The van der Waals surface area contributed by atoms with Crippen molar-refractivity contribution in [2.75, 3.05) is 13.2 Å². The van der Waals surface area contributed by atoms with Gasteiger partial charge in [0.2, 0.25) is 5.91 Å². The van der Waals surface area contributed by atoms with Crippen LogP contribution in [0.4, 0.5) is 0 Å². The molecule has 1 amide bonds. The van der Waals surface area contributed by atoms with Gasteiger partial charge in [0.25, 0.3) is 0 Å². The maximum absolute atomic E-state index is 11.3. The second-order valence-corrected chi connectivity index (χ2v) is 6.76. The molecule has 0 heterocycles. The van der Waals surface area contributed by atoms with Crippen molar-refractivity contribution in [2.24, 2.45) is 0 Å². The molecule has 26 heavy (non-hydrogen) atoms. The summed E-state index contributed by atoms with van der Waals surface area (Å²) in [5.41, 5.74) is 0. The zero-order valence-corrected chi connectivity index (χ0v) is 16.9. The maximum atomic E-state index is 11.3. The van der Waals surface area contributed by atoms with E-state index in [2.05, 4.69) is 48.7 Å². The highest BCUT2D eigenvalue weighted by Gasteiger charge is 1.99. The Bertz CT molecular complexity index is 386. The van der Waals surface area contributed by atoms with E-state index in [0.29, 0.717) is 13.0 Å². The van der Waals surface area contributed by atoms with Crippen molar-refractivity contribution in [2.45, 2.75) is 90.4 Å². The monoisotopic (exact) mass is 363 g/mol. The van der Waals surface area contributed by atoms with Gasteiger partial charge in [-0.25, -0.2) is 0 Å². The molecule has 150 valence electrons. The van der Waals surface area contributed by atoms with Gasteiger partial charge in [0, 0.05) is 13.0 Å². The summed E-state index contributed by atoms with van der Waals surface area (Å²) in [6, 6.07) is 0. The molecule has 0 saturated carbocycles. The quantitative estimate of drug-likeness (QED) is 0.237. The van der Waals surface area contributed by atoms with Crippen LogP contribution in [0.3, 0.4) is 0 Å². The summed E-state index contributed by atoms with van der Waals surface area (Å²) in [5, 5.41) is 11.3. The molecular weight excluding hydrogens is 322 g/mol. The van der Waals surface area contributed by atoms with Crippen LogP contribution in [0.15, 0.2) is 36.5 Å². The molecule has 0 rings (SSSR count). The number of nitrogens with one attached hydrogen (secondary N) is 1. The van der Waals surface area contributed by atoms with Crippen LogP contribution in [0.25, 0.3) is 0 Å². The lowest BCUT2D eigenvalue weighted by Crippen LogP contribution is -2.25. The van der Waals surface area contributed by atoms with Gasteiger partial charge in [-0.05, 0) is 44.9 Å². The highest BCUT2D eigenvalue weighted by molar-refractivity contribution is 5.75. The second-order valence-electron chi connectivity index (χ2n) is 6.76. The Labute approximate surface area is 161 Å². The molecule has 0 aromatic rings. The summed E-state index contributed by atoms with van der Waals surface area (Å²) < 4.78 is 0. The van der Waals surface area contributed by atoms with Crippen LogP contribution in [0, 0.1) is 0 Å². The van der Waals surface area contributed by atoms with E-state index in [9.17, 15) is 4.79 Å². The number of aliphatic hydroxyl groups is 1. The Balaban J connectivity index is 3.30. The van der Waals surface area contributed by atoms with Crippen LogP contribution in [-0.4, -0.2) is 24.2 Å². The Kier molecular flexibility index (Phi) is 20.6. The van der Waals surface area contributed by atoms with Crippen LogP contribution < -0.4 is 5.32 Å². The number of hydrogen-bond donors (Lipinski definition) is 2. The molecule has 2 N–H and O–H groups in total. The maximum Gasteiger partial charge on any atom is 0.220 e. The number of carbonyl (C=O) groups excluding carboxylic acids is 1. The largest absolute Gasteiger partial charge is 0.395 e. The van der Waals surface area contributed by atoms with E-state index < -0.39 is 0 Å². The van der Waals surface area contributed by atoms with E-state index >= 15 is 0 Å². The van der Waals surface area contributed by atoms with Crippen LogP contribution in [0.1, 0.15) is 90.4 Å². The van der Waals surface area contributed by atoms with Gasteiger partial charge >= 0.3 is 0 Å². The molecule has 3 heteroatoms. The van der Waals surface area contributed by atoms with E-state index in [-0.39, 0.29) is 12.5 Å². The predicted molar refractivity (Wildman–Crippen MR) is 113 cm³/mol. The first-order valence-electron chi connectivity index (χ1n) is 10.6. The van der Waals surface area contributed by atoms with Crippen LogP contribution in [-0.2, 0) is 4.79 Å². The fourth-order valence-electron chi connectivity index (χ4n) is 2.65. The number of amides is 1. The van der Waals surface area contributed by atoms with E-state index in [0.717, 1.165) is 32.1 Å². The van der Waals surface area contributed by atoms with Gasteiger partial charge in [0.1, 0.15) is 0 Å². The molecule has 0 unspecified atom stereocenters. The Morgan fingerprint density at radius 1 is 0.769 bits per heavy atom. The second kappa shape index (κ2) is 21.7. The summed E-state index contributed by atoms with van der Waals surface area (Å²) in [5.74, 6) is 0.0574. The average Bonchev–Trinajstić information content (AvgIpc) is 2.65. The minimum atomic E-state index is 0.0191. The van der Waals surface area contributed by atoms with Crippen LogP contribution >= 0.6 is 0 Å². The van der Waals surface area contributed by atoms with E-state index in [1.54, 1.807) is 0 Å². The van der Waals surface area contributed by atoms with Crippen molar-refractivity contribution in [1.29, 1.82) is 0 Å². The van der Waals surface area contributed by atoms with Crippen molar-refractivity contribution >= 4 is 5.91 Å². The summed E-state index contributed by atoms with van der Waals surface area (Å²) >= 11 is 0. The molecule has 0 saturated heterocycles. The number of rotatable bonds is 18. The lowest BCUT2D eigenvalue weighted by Gasteiger charge is -2.03. The normalized spacial score (nSPS) is 11.9. The first-order chi connectivity index (χ1) is 12.8. The summed E-state index contributed by atoms with van der Waals surface area (Å²) in [6.45, 7) is 2.63. The molecule has 0 aliphatic carbocycles. The topological polar surface area (TPSA) is 49.3 Å². The van der Waals surface area contributed by atoms with Crippen LogP contribution in [0.2, 0.25) is 0 Å². The van der Waals surface area contributed by atoms with Gasteiger partial charge in [-0.15, -0.1) is 0 Å². The molecule has 0 fully saturated rings. The third-order valence-electron chi connectivity index (χ3n) is 4.23. The molecule has 0 aliphatic rings. The molecular formula is C23H41NO2. The molecule has 0 aromatic carbocycles. The first-order valence-corrected chi connectivity index (χ1v) is 10.6. The zero-order valence-electron chi connectivity index (χ0n) is 16.9. The van der Waals surface area contributed by atoms with E-state index in [1.807, 2.05) is 0 Å². The van der Waals surface area contributed by atoms with Crippen molar-refractivity contribution in [3.8, 4) is 0 Å². The van der Waals surface area contributed by atoms with Gasteiger partial charge in [-0.2, -0.15) is 0 Å². The van der Waals surface area contributed by atoms with Crippen molar-refractivity contribution in [1.82, 2.24) is 5.32 Å². The molecule has 0 atom stereocenters. The number of carbonyl (C=O) groups is 1. The molecule has 0 aliphatic heterocycles. The number of unbranched alkanes of at least 4 members (excludes halogenated alkanes) is 8. The molecule has 0 bridgehead atoms. The first kappa shape index (κ1) is 24.7. The van der Waals surface area contributed by atoms with Crippen LogP contribution in [0.5, 0.6) is 0 Å². The lowest BCUT2D eigenvalue weighted by molar-refractivity contribution is -0.121. The minimum absolute atomic E-state index is 0.0191. The number of allylic oxidation sites excluding steroid dienone is 6. The zero-order chi connectivity index (χ0) is 19.1. The minimum Gasteiger partial charge on any atom is -0.395 e. The predicted octanol–water partition coefficient (Wildman–Crippen LogP) is 5.85. The highest BCUT2D eigenvalue weighted by Crippen LogP contribution is 2.08. The Hall–Kier alpha value is -1.35. The van der Waals surface area contributed by atoms with E-state index in [1.165, 1.54) is 44.9 Å². The summed E-state index contributed by atoms with van der Waals surface area (Å²) in [6.07, 6.45) is 28.3. The van der Waals surface area contributed by atoms with Crippen molar-refractivity contribution in [3.63, 3.8) is 0 Å². The molecule has 3 nitrogen and oxygen atoms in total. The van der Waals surface area contributed by atoms with Gasteiger partial charge in [0.15, 0.2) is 0 Å². The Morgan fingerprint density at radius 2 is 1.31 bits per heavy atom. The van der Waals surface area contributed by atoms with Gasteiger partial charge < -0.3 is 10.4 Å². The summed E-state index contributed by atoms with van der Waals surface area (Å²) in [7, 11) is 0. The highest BCUT2D eigenvalue weighted by atomic mass is 16.3. The molecule has 0 aromatic heterocycles. The third kappa shape index (κ3) is 20.7. The van der Waals surface area contributed by atoms with E-state index in [4.69, 9.17) is 5.11 Å². The standard InChI is InChI=1S/C23H41NO2/c1-2-3-4-5-6-7-8-9-10-11-12-13-14-15-16-17-18-19-20-23(26)24-21-22-25/h6-7,9-10,12-13,25H,2-5,8,11,14-22H2,1H3,(H,24,26)/b7-6-,10-9-,13-12-. The fraction of sp³-hybridized carbons (Fsp3) is 0.696. The Morgan fingerprint density at radius 3 is 1.92 bits per heavy atom. The van der Waals surface area contributed by atoms with Gasteiger partial charge in [-0.3, -0.25) is 4.79 Å². The van der Waals surface area contributed by atoms with Crippen molar-refractivity contribution < 1.29 is 9.90 Å². The third-order valence-corrected chi connectivity index (χ3v) is 4.23. The average molecular weight is 364 g/mol. The fourth-order valence-corrected chi connectivity index (χ4v) is 2.65. The van der Waals surface area contributed by atoms with Crippen molar-refractivity contribution in [3.05, 3.63) is 36.5 Å². The SMILES string of the molecule is CCCCC/C=C\C/C=C\C/C=C\CCCCCCCC(=O)NCCO.